The summed E-state index contributed by atoms with van der Waals surface area (Å²) in [5.74, 6) is -0.946. The Labute approximate surface area is 100 Å². The molecule has 1 N–H and O–H groups in total. The fraction of sp³-hybridized carbons (Fsp3) is 0.385. The van der Waals surface area contributed by atoms with E-state index in [0.717, 1.165) is 5.56 Å². The van der Waals surface area contributed by atoms with Crippen molar-refractivity contribution in [1.29, 1.82) is 0 Å². The predicted octanol–water partition coefficient (Wildman–Crippen LogP) is 2.02. The molecule has 0 spiro atoms. The number of aromatic hydroxyl groups is 1. The lowest BCUT2D eigenvalue weighted by Gasteiger charge is -2.15. The van der Waals surface area contributed by atoms with E-state index in [2.05, 4.69) is 0 Å². The van der Waals surface area contributed by atoms with E-state index in [1.165, 1.54) is 19.1 Å². The predicted molar refractivity (Wildman–Crippen MR) is 62.8 cm³/mol. The van der Waals surface area contributed by atoms with E-state index >= 15 is 0 Å². The van der Waals surface area contributed by atoms with Gasteiger partial charge in [-0.15, -0.1) is 0 Å². The van der Waals surface area contributed by atoms with Crippen LogP contribution in [0.5, 0.6) is 5.75 Å². The second kappa shape index (κ2) is 5.48. The molecule has 0 aliphatic heterocycles. The molecular formula is C13H16O4. The molecular weight excluding hydrogens is 220 g/mol. The fourth-order valence-electron chi connectivity index (χ4n) is 1.26. The molecule has 0 fully saturated rings. The third-order valence-corrected chi connectivity index (χ3v) is 2.61. The van der Waals surface area contributed by atoms with Gasteiger partial charge in [-0.1, -0.05) is 12.1 Å². The van der Waals surface area contributed by atoms with Crippen LogP contribution in [0.25, 0.3) is 0 Å². The van der Waals surface area contributed by atoms with Gasteiger partial charge in [-0.2, -0.15) is 0 Å². The van der Waals surface area contributed by atoms with Crippen LogP contribution in [0.3, 0.4) is 0 Å². The van der Waals surface area contributed by atoms with E-state index in [9.17, 15) is 9.59 Å². The van der Waals surface area contributed by atoms with Gasteiger partial charge in [0.05, 0.1) is 5.92 Å². The Hall–Kier alpha value is -1.84. The van der Waals surface area contributed by atoms with Crippen molar-refractivity contribution in [3.63, 3.8) is 0 Å². The van der Waals surface area contributed by atoms with Crippen molar-refractivity contribution in [2.75, 3.05) is 0 Å². The highest BCUT2D eigenvalue weighted by Crippen LogP contribution is 2.20. The van der Waals surface area contributed by atoms with Gasteiger partial charge in [0.15, 0.2) is 11.9 Å². The van der Waals surface area contributed by atoms with Crippen molar-refractivity contribution < 1.29 is 19.4 Å². The average Bonchev–Trinajstić information content (AvgIpc) is 2.28. The summed E-state index contributed by atoms with van der Waals surface area (Å²) in [5.41, 5.74) is 0.739. The van der Waals surface area contributed by atoms with Crippen molar-refractivity contribution in [2.45, 2.75) is 32.8 Å². The summed E-state index contributed by atoms with van der Waals surface area (Å²) in [4.78, 5) is 22.7. The molecule has 0 saturated carbocycles. The zero-order valence-corrected chi connectivity index (χ0v) is 10.1. The van der Waals surface area contributed by atoms with Gasteiger partial charge < -0.3 is 9.84 Å². The second-order valence-electron chi connectivity index (χ2n) is 4.00. The summed E-state index contributed by atoms with van der Waals surface area (Å²) >= 11 is 0. The van der Waals surface area contributed by atoms with Crippen LogP contribution in [0.15, 0.2) is 24.3 Å². The smallest absolute Gasteiger partial charge is 0.313 e. The Morgan fingerprint density at radius 2 is 1.71 bits per heavy atom. The largest absolute Gasteiger partial charge is 0.508 e. The molecule has 0 aliphatic carbocycles. The Kier molecular flexibility index (Phi) is 4.26. The maximum Gasteiger partial charge on any atom is 0.313 e. The SMILES string of the molecule is CC(=O)C(C)OC(=O)C(C)c1ccc(O)cc1. The number of carbonyl (C=O) groups excluding carboxylic acids is 2. The average molecular weight is 236 g/mol. The zero-order valence-electron chi connectivity index (χ0n) is 10.1. The molecule has 17 heavy (non-hydrogen) atoms. The number of carbonyl (C=O) groups is 2. The Morgan fingerprint density at radius 1 is 1.18 bits per heavy atom. The van der Waals surface area contributed by atoms with Crippen LogP contribution in [-0.4, -0.2) is 23.0 Å². The molecule has 0 aromatic heterocycles. The first-order chi connectivity index (χ1) is 7.91. The molecule has 4 heteroatoms. The van der Waals surface area contributed by atoms with Crippen LogP contribution < -0.4 is 0 Å². The molecule has 0 bridgehead atoms. The molecule has 0 aliphatic rings. The second-order valence-corrected chi connectivity index (χ2v) is 4.00. The summed E-state index contributed by atoms with van der Waals surface area (Å²) in [6.45, 7) is 4.62. The maximum absolute atomic E-state index is 11.7. The molecule has 1 rings (SSSR count). The lowest BCUT2D eigenvalue weighted by atomic mass is 10.0. The Balaban J connectivity index is 2.70. The van der Waals surface area contributed by atoms with Gasteiger partial charge in [-0.05, 0) is 38.5 Å². The van der Waals surface area contributed by atoms with Gasteiger partial charge in [0.1, 0.15) is 5.75 Å². The number of hydrogen-bond donors (Lipinski definition) is 1. The number of phenols is 1. The molecule has 92 valence electrons. The van der Waals surface area contributed by atoms with E-state index in [0.29, 0.717) is 0 Å². The van der Waals surface area contributed by atoms with Gasteiger partial charge in [0.25, 0.3) is 0 Å². The molecule has 1 aromatic carbocycles. The van der Waals surface area contributed by atoms with Crippen LogP contribution in [-0.2, 0) is 14.3 Å². The Bertz CT molecular complexity index is 408. The molecule has 0 radical (unpaired) electrons. The van der Waals surface area contributed by atoms with Crippen LogP contribution in [0.2, 0.25) is 0 Å². The molecule has 2 atom stereocenters. The lowest BCUT2D eigenvalue weighted by Crippen LogP contribution is -2.24. The molecule has 4 nitrogen and oxygen atoms in total. The molecule has 1 aromatic rings. The number of phenolic OH excluding ortho intramolecular Hbond substituents is 1. The van der Waals surface area contributed by atoms with E-state index < -0.39 is 18.0 Å². The summed E-state index contributed by atoms with van der Waals surface area (Å²) in [5, 5.41) is 9.13. The van der Waals surface area contributed by atoms with Gasteiger partial charge >= 0.3 is 5.97 Å². The van der Waals surface area contributed by atoms with Crippen LogP contribution >= 0.6 is 0 Å². The highest BCUT2D eigenvalue weighted by Gasteiger charge is 2.20. The summed E-state index contributed by atoms with van der Waals surface area (Å²) in [7, 11) is 0. The third kappa shape index (κ3) is 3.59. The van der Waals surface area contributed by atoms with Crippen LogP contribution in [0.4, 0.5) is 0 Å². The third-order valence-electron chi connectivity index (χ3n) is 2.61. The minimum Gasteiger partial charge on any atom is -0.508 e. The first-order valence-corrected chi connectivity index (χ1v) is 5.41. The van der Waals surface area contributed by atoms with E-state index in [1.54, 1.807) is 26.0 Å². The van der Waals surface area contributed by atoms with E-state index in [4.69, 9.17) is 9.84 Å². The van der Waals surface area contributed by atoms with Crippen molar-refractivity contribution in [2.24, 2.45) is 0 Å². The van der Waals surface area contributed by atoms with Gasteiger partial charge in [-0.25, -0.2) is 0 Å². The highest BCUT2D eigenvalue weighted by atomic mass is 16.5. The molecule has 2 unspecified atom stereocenters. The van der Waals surface area contributed by atoms with E-state index in [1.807, 2.05) is 0 Å². The van der Waals surface area contributed by atoms with Crippen LogP contribution in [0.1, 0.15) is 32.3 Å². The first-order valence-electron chi connectivity index (χ1n) is 5.41. The highest BCUT2D eigenvalue weighted by molar-refractivity contribution is 5.85. The van der Waals surface area contributed by atoms with E-state index in [-0.39, 0.29) is 11.5 Å². The quantitative estimate of drug-likeness (QED) is 0.812. The number of Topliss-reactive ketones (excluding diaryl/α,β-unsaturated/α-hetero) is 1. The zero-order chi connectivity index (χ0) is 13.0. The molecule has 0 saturated heterocycles. The fourth-order valence-corrected chi connectivity index (χ4v) is 1.26. The van der Waals surface area contributed by atoms with Crippen LogP contribution in [0, 0.1) is 0 Å². The first kappa shape index (κ1) is 13.2. The topological polar surface area (TPSA) is 63.6 Å². The number of benzene rings is 1. The van der Waals surface area contributed by atoms with Gasteiger partial charge in [0.2, 0.25) is 0 Å². The van der Waals surface area contributed by atoms with Crippen molar-refractivity contribution in [3.05, 3.63) is 29.8 Å². The van der Waals surface area contributed by atoms with Crippen molar-refractivity contribution in [3.8, 4) is 5.75 Å². The summed E-state index contributed by atoms with van der Waals surface area (Å²) < 4.78 is 5.01. The minimum absolute atomic E-state index is 0.145. The summed E-state index contributed by atoms with van der Waals surface area (Å²) in [6.07, 6.45) is -0.720. The maximum atomic E-state index is 11.7. The number of hydrogen-bond acceptors (Lipinski definition) is 4. The molecule has 0 heterocycles. The lowest BCUT2D eigenvalue weighted by molar-refractivity contribution is -0.154. The van der Waals surface area contributed by atoms with Crippen molar-refractivity contribution >= 4 is 11.8 Å². The van der Waals surface area contributed by atoms with Gasteiger partial charge in [0, 0.05) is 0 Å². The number of ketones is 1. The number of ether oxygens (including phenoxy) is 1. The van der Waals surface area contributed by atoms with Gasteiger partial charge in [-0.3, -0.25) is 9.59 Å². The minimum atomic E-state index is -0.720. The normalized spacial score (nSPS) is 13.8. The Morgan fingerprint density at radius 3 is 2.18 bits per heavy atom. The number of rotatable bonds is 4. The monoisotopic (exact) mass is 236 g/mol. The summed E-state index contributed by atoms with van der Waals surface area (Å²) in [6, 6.07) is 6.32. The van der Waals surface area contributed by atoms with Crippen molar-refractivity contribution in [1.82, 2.24) is 0 Å². The number of esters is 1. The molecule has 0 amide bonds. The standard InChI is InChI=1S/C13H16O4/c1-8(11-4-6-12(15)7-5-11)13(16)17-10(3)9(2)14/h4-8,10,15H,1-3H3.